The highest BCUT2D eigenvalue weighted by molar-refractivity contribution is 7.62. The lowest BCUT2D eigenvalue weighted by Gasteiger charge is -2.08. The first-order chi connectivity index (χ1) is 9.53. The molecule has 0 aliphatic carbocycles. The summed E-state index contributed by atoms with van der Waals surface area (Å²) in [5.74, 6) is 0.894. The van der Waals surface area contributed by atoms with Crippen molar-refractivity contribution in [3.05, 3.63) is 39.5 Å². The molecule has 2 rings (SSSR count). The first kappa shape index (κ1) is 15.0. The summed E-state index contributed by atoms with van der Waals surface area (Å²) in [7, 11) is 8.31. The Morgan fingerprint density at radius 3 is 2.20 bits per heavy atom. The second-order valence-electron chi connectivity index (χ2n) is 3.86. The largest absolute Gasteiger partial charge is 0.497 e. The van der Waals surface area contributed by atoms with Gasteiger partial charge in [0.2, 0.25) is 10.7 Å². The Morgan fingerprint density at radius 1 is 1.15 bits per heavy atom. The topological polar surface area (TPSA) is 47.6 Å². The third-order valence-electron chi connectivity index (χ3n) is 2.56. The Morgan fingerprint density at radius 2 is 1.75 bits per heavy atom. The molecule has 106 valence electrons. The highest BCUT2D eigenvalue weighted by Gasteiger charge is 2.19. The number of hydrogen-bond acceptors (Lipinski definition) is 3. The van der Waals surface area contributed by atoms with Gasteiger partial charge < -0.3 is 14.8 Å². The number of methoxy groups -OCH3 is 2. The molecule has 0 fully saturated rings. The maximum atomic E-state index is 12.1. The minimum Gasteiger partial charge on any atom is -0.497 e. The van der Waals surface area contributed by atoms with Gasteiger partial charge in [-0.2, -0.15) is 0 Å². The molecule has 0 saturated carbocycles. The van der Waals surface area contributed by atoms with Crippen molar-refractivity contribution in [2.75, 3.05) is 19.5 Å². The molecule has 20 heavy (non-hydrogen) atoms. The average molecular weight is 333 g/mol. The molecule has 7 heteroatoms. The predicted molar refractivity (Wildman–Crippen MR) is 82.7 cm³/mol. The zero-order valence-corrected chi connectivity index (χ0v) is 13.1. The molecule has 0 aliphatic rings. The quantitative estimate of drug-likeness (QED) is 0.846. The summed E-state index contributed by atoms with van der Waals surface area (Å²) in [6.07, 6.45) is 0. The minimum atomic E-state index is -0.712. The second-order valence-corrected chi connectivity index (χ2v) is 6.73. The third kappa shape index (κ3) is 3.36. The van der Waals surface area contributed by atoms with Crippen LogP contribution in [0.2, 0.25) is 4.34 Å². The van der Waals surface area contributed by atoms with Crippen molar-refractivity contribution in [1.82, 2.24) is 0 Å². The molecule has 0 bridgehead atoms. The number of hydrogen-bond donors (Lipinski definition) is 1. The van der Waals surface area contributed by atoms with Crippen molar-refractivity contribution in [3.63, 3.8) is 0 Å². The van der Waals surface area contributed by atoms with Gasteiger partial charge in [-0.15, -0.1) is 0 Å². The lowest BCUT2D eigenvalue weighted by atomic mass is 10.2. The molecule has 1 atom stereocenters. The summed E-state index contributed by atoms with van der Waals surface area (Å²) in [5, 5.41) is 4.37. The van der Waals surface area contributed by atoms with Crippen LogP contribution < -0.4 is 14.8 Å². The average Bonchev–Trinajstić information content (AvgIpc) is 2.78. The van der Waals surface area contributed by atoms with Crippen LogP contribution in [0.4, 0.5) is 5.69 Å². The molecule has 1 amide bonds. The molecule has 1 aromatic carbocycles. The van der Waals surface area contributed by atoms with Crippen molar-refractivity contribution in [2.45, 2.75) is 0 Å². The van der Waals surface area contributed by atoms with Crippen molar-refractivity contribution in [1.29, 1.82) is 0 Å². The van der Waals surface area contributed by atoms with Gasteiger partial charge in [-0.1, -0.05) is 0 Å². The molecule has 0 radical (unpaired) electrons. The Kier molecular flexibility index (Phi) is 4.75. The molecule has 1 aromatic heterocycles. The standard InChI is InChI=1S/C13H11Cl2NO3S/c1-18-10-4-9(5-11(6-10)19-2)16-13(17)8-3-12(14)20(15)7-8/h3-7H,1-2H3/p+1. The molecule has 1 N–H and O–H groups in total. The maximum Gasteiger partial charge on any atom is 0.261 e. The lowest BCUT2D eigenvalue weighted by Crippen LogP contribution is -2.10. The van der Waals surface area contributed by atoms with Gasteiger partial charge in [0.05, 0.1) is 19.8 Å². The summed E-state index contributed by atoms with van der Waals surface area (Å²) in [6.45, 7) is 0. The Hall–Kier alpha value is -1.43. The van der Waals surface area contributed by atoms with Crippen LogP contribution >= 0.6 is 32.0 Å². The Bertz CT molecular complexity index is 601. The van der Waals surface area contributed by atoms with Gasteiger partial charge in [-0.05, 0) is 11.6 Å². The number of halogens is 2. The van der Waals surface area contributed by atoms with Gasteiger partial charge in [0.15, 0.2) is 5.38 Å². The number of carbonyl (C=O) groups is 1. The molecule has 0 spiro atoms. The van der Waals surface area contributed by atoms with E-state index in [9.17, 15) is 4.79 Å². The highest BCUT2D eigenvalue weighted by Crippen LogP contribution is 2.36. The molecule has 4 nitrogen and oxygen atoms in total. The number of carbonyl (C=O) groups excluding carboxylic acids is 1. The van der Waals surface area contributed by atoms with Crippen molar-refractivity contribution < 1.29 is 14.3 Å². The number of benzene rings is 1. The zero-order chi connectivity index (χ0) is 14.7. The van der Waals surface area contributed by atoms with E-state index in [2.05, 4.69) is 5.32 Å². The fourth-order valence-corrected chi connectivity index (χ4v) is 3.01. The minimum absolute atomic E-state index is 0.283. The Balaban J connectivity index is 2.22. The summed E-state index contributed by atoms with van der Waals surface area (Å²) < 4.78 is 10.7. The van der Waals surface area contributed by atoms with Crippen LogP contribution in [0.25, 0.3) is 0 Å². The molecule has 0 aliphatic heterocycles. The normalized spacial score (nSPS) is 11.1. The molecule has 1 unspecified atom stereocenters. The molecule has 0 saturated heterocycles. The van der Waals surface area contributed by atoms with E-state index in [0.29, 0.717) is 27.1 Å². The van der Waals surface area contributed by atoms with Crippen LogP contribution in [0.1, 0.15) is 10.4 Å². The molecular weight excluding hydrogens is 321 g/mol. The number of nitrogens with one attached hydrogen (secondary N) is 1. The van der Waals surface area contributed by atoms with Gasteiger partial charge in [-0.3, -0.25) is 4.79 Å². The predicted octanol–water partition coefficient (Wildman–Crippen LogP) is 4.36. The number of rotatable bonds is 4. The number of amides is 1. The first-order valence-electron chi connectivity index (χ1n) is 5.56. The second kappa shape index (κ2) is 6.35. The number of anilines is 1. The van der Waals surface area contributed by atoms with E-state index in [1.165, 1.54) is 0 Å². The van der Waals surface area contributed by atoms with Gasteiger partial charge in [0.25, 0.3) is 10.2 Å². The van der Waals surface area contributed by atoms with Gasteiger partial charge in [0, 0.05) is 30.0 Å². The summed E-state index contributed by atoms with van der Waals surface area (Å²) in [4.78, 5) is 12.1. The van der Waals surface area contributed by atoms with E-state index in [1.54, 1.807) is 43.9 Å². The molecular formula is C13H12Cl2NO3S+. The van der Waals surface area contributed by atoms with Gasteiger partial charge in [-0.25, -0.2) is 0 Å². The van der Waals surface area contributed by atoms with Crippen molar-refractivity contribution >= 4 is 43.6 Å². The van der Waals surface area contributed by atoms with Crippen LogP contribution in [0.5, 0.6) is 11.5 Å². The maximum absolute atomic E-state index is 12.1. The first-order valence-corrected chi connectivity index (χ1v) is 8.05. The van der Waals surface area contributed by atoms with Gasteiger partial charge in [0.1, 0.15) is 21.2 Å². The third-order valence-corrected chi connectivity index (χ3v) is 5.12. The fourth-order valence-electron chi connectivity index (χ4n) is 1.58. The van der Waals surface area contributed by atoms with Crippen LogP contribution in [-0.4, -0.2) is 20.1 Å². The van der Waals surface area contributed by atoms with Crippen LogP contribution in [0, 0.1) is 0 Å². The Labute approximate surface area is 128 Å². The lowest BCUT2D eigenvalue weighted by molar-refractivity contribution is 0.102. The fraction of sp³-hybridized carbons (Fsp3) is 0.154. The van der Waals surface area contributed by atoms with E-state index in [1.807, 2.05) is 0 Å². The zero-order valence-electron chi connectivity index (χ0n) is 10.8. The highest BCUT2D eigenvalue weighted by atomic mass is 35.7. The number of ether oxygens (including phenoxy) is 2. The van der Waals surface area contributed by atoms with Crippen LogP contribution in [-0.2, 0) is 0 Å². The van der Waals surface area contributed by atoms with E-state index >= 15 is 0 Å². The van der Waals surface area contributed by atoms with E-state index in [4.69, 9.17) is 31.8 Å². The molecule has 2 aromatic rings. The SMILES string of the molecule is COc1cc(NC(=O)c2cc(Cl)[s+](Cl)c2)cc(OC)c1. The summed E-state index contributed by atoms with van der Waals surface area (Å²) in [6, 6.07) is 6.67. The van der Waals surface area contributed by atoms with Crippen LogP contribution in [0.15, 0.2) is 29.6 Å². The monoisotopic (exact) mass is 332 g/mol. The van der Waals surface area contributed by atoms with E-state index in [-0.39, 0.29) is 5.91 Å². The van der Waals surface area contributed by atoms with Crippen molar-refractivity contribution in [2.24, 2.45) is 0 Å². The van der Waals surface area contributed by atoms with Crippen LogP contribution in [0.3, 0.4) is 0 Å². The number of thiophene rings is 1. The van der Waals surface area contributed by atoms with Crippen molar-refractivity contribution in [3.8, 4) is 11.5 Å². The molecule has 1 heterocycles. The smallest absolute Gasteiger partial charge is 0.261 e. The summed E-state index contributed by atoms with van der Waals surface area (Å²) >= 11 is 5.87. The van der Waals surface area contributed by atoms with E-state index < -0.39 is 9.68 Å². The van der Waals surface area contributed by atoms with E-state index in [0.717, 1.165) is 0 Å². The summed E-state index contributed by atoms with van der Waals surface area (Å²) in [5.41, 5.74) is 1.01. The van der Waals surface area contributed by atoms with Gasteiger partial charge >= 0.3 is 0 Å².